The topological polar surface area (TPSA) is 12.0 Å². The molecule has 0 heterocycles. The summed E-state index contributed by atoms with van der Waals surface area (Å²) < 4.78 is 26.5. The highest BCUT2D eigenvalue weighted by Gasteiger charge is 2.07. The highest BCUT2D eigenvalue weighted by Crippen LogP contribution is 2.16. The lowest BCUT2D eigenvalue weighted by molar-refractivity contribution is 0.578. The number of nitrogens with one attached hydrogen (secondary N) is 1. The first-order valence-corrected chi connectivity index (χ1v) is 4.85. The lowest BCUT2D eigenvalue weighted by Gasteiger charge is -2.11. The Balaban J connectivity index is 3.07. The molecule has 0 bridgehead atoms. The van der Waals surface area contributed by atoms with E-state index >= 15 is 0 Å². The van der Waals surface area contributed by atoms with Crippen LogP contribution in [0.2, 0.25) is 0 Å². The van der Waals surface area contributed by atoms with Gasteiger partial charge in [-0.25, -0.2) is 8.78 Å². The molecule has 1 N–H and O–H groups in total. The number of benzene rings is 1. The maximum Gasteiger partial charge on any atom is 0.133 e. The molecule has 15 heavy (non-hydrogen) atoms. The van der Waals surface area contributed by atoms with Crippen LogP contribution < -0.4 is 5.32 Å². The van der Waals surface area contributed by atoms with Crippen LogP contribution in [-0.4, -0.2) is 13.1 Å². The first-order chi connectivity index (χ1) is 7.06. The molecule has 3 heteroatoms. The van der Waals surface area contributed by atoms with E-state index in [1.54, 1.807) is 7.05 Å². The summed E-state index contributed by atoms with van der Waals surface area (Å²) in [6.45, 7) is 3.78. The van der Waals surface area contributed by atoms with Crippen molar-refractivity contribution in [1.29, 1.82) is 0 Å². The zero-order valence-electron chi connectivity index (χ0n) is 9.14. The lowest BCUT2D eigenvalue weighted by Crippen LogP contribution is -2.22. The van der Waals surface area contributed by atoms with E-state index in [0.717, 1.165) is 5.57 Å². The molecule has 0 amide bonds. The summed E-state index contributed by atoms with van der Waals surface area (Å²) in [7, 11) is 1.81. The fraction of sp³-hybridized carbons (Fsp3) is 0.333. The van der Waals surface area contributed by atoms with Gasteiger partial charge in [0.05, 0.1) is 0 Å². The average Bonchev–Trinajstić information content (AvgIpc) is 2.22. The molecule has 82 valence electrons. The van der Waals surface area contributed by atoms with Gasteiger partial charge in [-0.1, -0.05) is 11.6 Å². The summed E-state index contributed by atoms with van der Waals surface area (Å²) >= 11 is 0. The Morgan fingerprint density at radius 3 is 2.33 bits per heavy atom. The van der Waals surface area contributed by atoms with Gasteiger partial charge in [-0.05, 0) is 39.1 Å². The second-order valence-electron chi connectivity index (χ2n) is 3.53. The van der Waals surface area contributed by atoms with Crippen LogP contribution in [0.5, 0.6) is 0 Å². The van der Waals surface area contributed by atoms with Crippen molar-refractivity contribution < 1.29 is 8.78 Å². The van der Waals surface area contributed by atoms with Gasteiger partial charge in [-0.2, -0.15) is 0 Å². The number of halogens is 2. The molecule has 0 saturated heterocycles. The van der Waals surface area contributed by atoms with Crippen LogP contribution in [0, 0.1) is 11.6 Å². The molecular weight excluding hydrogens is 196 g/mol. The molecule has 1 aromatic carbocycles. The maximum atomic E-state index is 13.3. The Kier molecular flexibility index (Phi) is 3.97. The van der Waals surface area contributed by atoms with Gasteiger partial charge in [0, 0.05) is 11.6 Å². The first-order valence-electron chi connectivity index (χ1n) is 4.85. The average molecular weight is 211 g/mol. The summed E-state index contributed by atoms with van der Waals surface area (Å²) in [4.78, 5) is 0. The van der Waals surface area contributed by atoms with Crippen molar-refractivity contribution in [1.82, 2.24) is 5.32 Å². The normalized spacial score (nSPS) is 14.1. The van der Waals surface area contributed by atoms with Crippen molar-refractivity contribution in [2.24, 2.45) is 0 Å². The molecule has 0 aliphatic rings. The predicted octanol–water partition coefficient (Wildman–Crippen LogP) is 2.98. The molecule has 0 radical (unpaired) electrons. The quantitative estimate of drug-likeness (QED) is 0.810. The van der Waals surface area contributed by atoms with Gasteiger partial charge >= 0.3 is 0 Å². The highest BCUT2D eigenvalue weighted by molar-refractivity contribution is 5.54. The minimum Gasteiger partial charge on any atom is -0.314 e. The van der Waals surface area contributed by atoms with Crippen molar-refractivity contribution >= 4 is 6.08 Å². The predicted molar refractivity (Wildman–Crippen MR) is 58.5 cm³/mol. The fourth-order valence-electron chi connectivity index (χ4n) is 1.23. The zero-order chi connectivity index (χ0) is 11.4. The smallest absolute Gasteiger partial charge is 0.133 e. The highest BCUT2D eigenvalue weighted by atomic mass is 19.1. The summed E-state index contributed by atoms with van der Waals surface area (Å²) in [5.74, 6) is -1.06. The molecule has 0 saturated carbocycles. The largest absolute Gasteiger partial charge is 0.314 e. The van der Waals surface area contributed by atoms with Gasteiger partial charge in [0.1, 0.15) is 11.6 Å². The first kappa shape index (κ1) is 11.9. The minimum atomic E-state index is -0.530. The van der Waals surface area contributed by atoms with Crippen molar-refractivity contribution in [3.63, 3.8) is 0 Å². The van der Waals surface area contributed by atoms with Gasteiger partial charge < -0.3 is 5.32 Å². The van der Waals surface area contributed by atoms with Crippen molar-refractivity contribution in [2.75, 3.05) is 7.05 Å². The summed E-state index contributed by atoms with van der Waals surface area (Å²) in [6.07, 6.45) is 1.53. The Labute approximate surface area is 88.8 Å². The lowest BCUT2D eigenvalue weighted by atomic mass is 10.1. The molecule has 1 nitrogen and oxygen atoms in total. The molecule has 0 fully saturated rings. The molecule has 1 aromatic rings. The van der Waals surface area contributed by atoms with E-state index in [0.29, 0.717) is 0 Å². The van der Waals surface area contributed by atoms with Gasteiger partial charge in [0.2, 0.25) is 0 Å². The third-order valence-electron chi connectivity index (χ3n) is 2.49. The second-order valence-corrected chi connectivity index (χ2v) is 3.53. The summed E-state index contributed by atoms with van der Waals surface area (Å²) in [6, 6.07) is 3.97. The van der Waals surface area contributed by atoms with Crippen molar-refractivity contribution in [3.8, 4) is 0 Å². The number of rotatable bonds is 3. The SMILES string of the molecule is CNC(C)/C(C)=C/c1c(F)cccc1F. The second kappa shape index (κ2) is 5.03. The van der Waals surface area contributed by atoms with Gasteiger partial charge in [0.25, 0.3) is 0 Å². The number of hydrogen-bond donors (Lipinski definition) is 1. The van der Waals surface area contributed by atoms with E-state index in [2.05, 4.69) is 5.32 Å². The Hall–Kier alpha value is -1.22. The number of likely N-dealkylation sites (N-methyl/N-ethyl adjacent to an activating group) is 1. The van der Waals surface area contributed by atoms with Gasteiger partial charge in [-0.3, -0.25) is 0 Å². The summed E-state index contributed by atoms with van der Waals surface area (Å²) in [5.41, 5.74) is 0.915. The van der Waals surface area contributed by atoms with Crippen LogP contribution in [0.1, 0.15) is 19.4 Å². The number of hydrogen-bond acceptors (Lipinski definition) is 1. The maximum absolute atomic E-state index is 13.3. The van der Waals surface area contributed by atoms with E-state index in [-0.39, 0.29) is 11.6 Å². The third kappa shape index (κ3) is 2.86. The molecule has 0 spiro atoms. The molecule has 0 aromatic heterocycles. The molecular formula is C12H15F2N. The van der Waals surface area contributed by atoms with Crippen LogP contribution in [-0.2, 0) is 0 Å². The molecule has 0 aliphatic heterocycles. The monoisotopic (exact) mass is 211 g/mol. The van der Waals surface area contributed by atoms with E-state index in [1.165, 1.54) is 24.3 Å². The van der Waals surface area contributed by atoms with Crippen LogP contribution in [0.3, 0.4) is 0 Å². The van der Waals surface area contributed by atoms with Crippen LogP contribution in [0.15, 0.2) is 23.8 Å². The van der Waals surface area contributed by atoms with Gasteiger partial charge in [0.15, 0.2) is 0 Å². The standard InChI is InChI=1S/C12H15F2N/c1-8(9(2)15-3)7-10-11(13)5-4-6-12(10)14/h4-7,9,15H,1-3H3/b8-7+. The third-order valence-corrected chi connectivity index (χ3v) is 2.49. The Morgan fingerprint density at radius 1 is 1.33 bits per heavy atom. The Bertz CT molecular complexity index is 352. The van der Waals surface area contributed by atoms with Crippen LogP contribution >= 0.6 is 0 Å². The van der Waals surface area contributed by atoms with E-state index in [9.17, 15) is 8.78 Å². The zero-order valence-corrected chi connectivity index (χ0v) is 9.14. The molecule has 1 atom stereocenters. The molecule has 1 unspecified atom stereocenters. The van der Waals surface area contributed by atoms with Gasteiger partial charge in [-0.15, -0.1) is 0 Å². The van der Waals surface area contributed by atoms with E-state index in [4.69, 9.17) is 0 Å². The fourth-order valence-corrected chi connectivity index (χ4v) is 1.23. The minimum absolute atomic E-state index is 0.0251. The summed E-state index contributed by atoms with van der Waals surface area (Å²) in [5, 5.41) is 3.01. The Morgan fingerprint density at radius 2 is 1.87 bits per heavy atom. The van der Waals surface area contributed by atoms with E-state index < -0.39 is 11.6 Å². The molecule has 1 rings (SSSR count). The molecule has 0 aliphatic carbocycles. The van der Waals surface area contributed by atoms with Crippen LogP contribution in [0.25, 0.3) is 6.08 Å². The van der Waals surface area contributed by atoms with Crippen molar-refractivity contribution in [3.05, 3.63) is 41.0 Å². The van der Waals surface area contributed by atoms with Crippen molar-refractivity contribution in [2.45, 2.75) is 19.9 Å². The van der Waals surface area contributed by atoms with Crippen LogP contribution in [0.4, 0.5) is 8.78 Å². The van der Waals surface area contributed by atoms with E-state index in [1.807, 2.05) is 13.8 Å².